The van der Waals surface area contributed by atoms with Crippen LogP contribution in [0, 0.1) is 0 Å². The summed E-state index contributed by atoms with van der Waals surface area (Å²) >= 11 is 0. The molecule has 0 aromatic heterocycles. The van der Waals surface area contributed by atoms with Crippen molar-refractivity contribution in [2.24, 2.45) is 0 Å². The molecule has 0 saturated heterocycles. The highest BCUT2D eigenvalue weighted by Gasteiger charge is 2.11. The van der Waals surface area contributed by atoms with E-state index in [2.05, 4.69) is 13.8 Å². The lowest BCUT2D eigenvalue weighted by Gasteiger charge is -2.16. The van der Waals surface area contributed by atoms with Crippen molar-refractivity contribution in [3.63, 3.8) is 0 Å². The Balaban J connectivity index is 3.58. The van der Waals surface area contributed by atoms with E-state index in [9.17, 15) is 4.79 Å². The van der Waals surface area contributed by atoms with Crippen LogP contribution in [-0.4, -0.2) is 12.1 Å². The van der Waals surface area contributed by atoms with Crippen LogP contribution in [0.3, 0.4) is 0 Å². The molecular formula is C15H30O2. The van der Waals surface area contributed by atoms with E-state index in [1.165, 1.54) is 38.5 Å². The molecule has 0 aromatic rings. The van der Waals surface area contributed by atoms with Crippen molar-refractivity contribution in [2.45, 2.75) is 91.1 Å². The van der Waals surface area contributed by atoms with E-state index >= 15 is 0 Å². The highest BCUT2D eigenvalue weighted by atomic mass is 16.5. The second-order valence-corrected chi connectivity index (χ2v) is 4.81. The number of unbranched alkanes of at least 4 members (excludes halogenated alkanes) is 5. The summed E-state index contributed by atoms with van der Waals surface area (Å²) in [5.41, 5.74) is 0. The lowest BCUT2D eigenvalue weighted by Crippen LogP contribution is -2.17. The molecule has 2 nitrogen and oxygen atoms in total. The molecule has 102 valence electrons. The molecule has 1 unspecified atom stereocenters. The molecule has 0 fully saturated rings. The smallest absolute Gasteiger partial charge is 0.305 e. The van der Waals surface area contributed by atoms with E-state index in [4.69, 9.17) is 4.74 Å². The Morgan fingerprint density at radius 2 is 1.53 bits per heavy atom. The van der Waals surface area contributed by atoms with Crippen LogP contribution >= 0.6 is 0 Å². The summed E-state index contributed by atoms with van der Waals surface area (Å²) in [7, 11) is 0. The first-order valence-electron chi connectivity index (χ1n) is 7.44. The zero-order valence-corrected chi connectivity index (χ0v) is 12.0. The molecular weight excluding hydrogens is 212 g/mol. The lowest BCUT2D eigenvalue weighted by molar-refractivity contribution is -0.149. The van der Waals surface area contributed by atoms with E-state index in [1.807, 2.05) is 6.92 Å². The third-order valence-corrected chi connectivity index (χ3v) is 3.08. The lowest BCUT2D eigenvalue weighted by atomic mass is 10.0. The third kappa shape index (κ3) is 10.3. The second-order valence-electron chi connectivity index (χ2n) is 4.81. The summed E-state index contributed by atoms with van der Waals surface area (Å²) in [6.45, 7) is 6.24. The van der Waals surface area contributed by atoms with Gasteiger partial charge in [0.2, 0.25) is 0 Å². The number of carbonyl (C=O) groups excluding carboxylic acids is 1. The zero-order valence-electron chi connectivity index (χ0n) is 12.0. The van der Waals surface area contributed by atoms with Crippen LogP contribution in [0.2, 0.25) is 0 Å². The summed E-state index contributed by atoms with van der Waals surface area (Å²) < 4.78 is 5.43. The number of hydrogen-bond acceptors (Lipinski definition) is 2. The van der Waals surface area contributed by atoms with E-state index in [0.717, 1.165) is 19.3 Å². The van der Waals surface area contributed by atoms with Crippen LogP contribution in [-0.2, 0) is 9.53 Å². The fourth-order valence-corrected chi connectivity index (χ4v) is 2.01. The molecule has 0 aliphatic heterocycles. The van der Waals surface area contributed by atoms with Crippen molar-refractivity contribution >= 4 is 5.97 Å². The minimum Gasteiger partial charge on any atom is -0.462 e. The van der Waals surface area contributed by atoms with E-state index < -0.39 is 0 Å². The maximum absolute atomic E-state index is 11.2. The minimum atomic E-state index is -0.0468. The predicted octanol–water partition coefficient (Wildman–Crippen LogP) is 4.86. The second kappa shape index (κ2) is 11.9. The maximum Gasteiger partial charge on any atom is 0.305 e. The highest BCUT2D eigenvalue weighted by Crippen LogP contribution is 2.14. The molecule has 0 bridgehead atoms. The van der Waals surface area contributed by atoms with Crippen LogP contribution in [0.15, 0.2) is 0 Å². The van der Waals surface area contributed by atoms with Gasteiger partial charge in [-0.1, -0.05) is 59.3 Å². The van der Waals surface area contributed by atoms with Gasteiger partial charge in [0.25, 0.3) is 0 Å². The van der Waals surface area contributed by atoms with Gasteiger partial charge >= 0.3 is 5.97 Å². The molecule has 0 saturated carbocycles. The van der Waals surface area contributed by atoms with E-state index in [0.29, 0.717) is 6.42 Å². The summed E-state index contributed by atoms with van der Waals surface area (Å²) in [6.07, 6.45) is 11.6. The first kappa shape index (κ1) is 16.5. The van der Waals surface area contributed by atoms with Gasteiger partial charge in [-0.2, -0.15) is 0 Å². The SMILES string of the molecule is CCCCCCCCC(CCC)OC(=O)CC. The fourth-order valence-electron chi connectivity index (χ4n) is 2.01. The Morgan fingerprint density at radius 3 is 2.12 bits per heavy atom. The van der Waals surface area contributed by atoms with Crippen molar-refractivity contribution in [3.05, 3.63) is 0 Å². The fraction of sp³-hybridized carbons (Fsp3) is 0.933. The molecule has 0 amide bonds. The van der Waals surface area contributed by atoms with Crippen LogP contribution in [0.5, 0.6) is 0 Å². The van der Waals surface area contributed by atoms with Crippen LogP contribution in [0.1, 0.15) is 85.0 Å². The predicted molar refractivity (Wildman–Crippen MR) is 73.1 cm³/mol. The largest absolute Gasteiger partial charge is 0.462 e. The van der Waals surface area contributed by atoms with Crippen LogP contribution in [0.25, 0.3) is 0 Å². The molecule has 0 rings (SSSR count). The minimum absolute atomic E-state index is 0.0468. The topological polar surface area (TPSA) is 26.3 Å². The molecule has 0 heterocycles. The molecule has 0 radical (unpaired) electrons. The average molecular weight is 242 g/mol. The number of esters is 1. The Kier molecular flexibility index (Phi) is 11.6. The number of rotatable bonds is 11. The van der Waals surface area contributed by atoms with Gasteiger partial charge in [0.1, 0.15) is 6.10 Å². The molecule has 1 atom stereocenters. The summed E-state index contributed by atoms with van der Waals surface area (Å²) in [4.78, 5) is 11.2. The van der Waals surface area contributed by atoms with E-state index in [1.54, 1.807) is 0 Å². The first-order valence-corrected chi connectivity index (χ1v) is 7.44. The van der Waals surface area contributed by atoms with Gasteiger partial charge in [0, 0.05) is 6.42 Å². The van der Waals surface area contributed by atoms with Gasteiger partial charge in [-0.3, -0.25) is 4.79 Å². The van der Waals surface area contributed by atoms with Crippen molar-refractivity contribution in [3.8, 4) is 0 Å². The molecule has 0 spiro atoms. The number of carbonyl (C=O) groups is 1. The van der Waals surface area contributed by atoms with Gasteiger partial charge in [-0.05, 0) is 19.3 Å². The van der Waals surface area contributed by atoms with Crippen LogP contribution in [0.4, 0.5) is 0 Å². The monoisotopic (exact) mass is 242 g/mol. The molecule has 0 aromatic carbocycles. The number of hydrogen-bond donors (Lipinski definition) is 0. The van der Waals surface area contributed by atoms with E-state index in [-0.39, 0.29) is 12.1 Å². The van der Waals surface area contributed by atoms with Gasteiger partial charge < -0.3 is 4.74 Å². The molecule has 2 heteroatoms. The first-order chi connectivity index (χ1) is 8.24. The average Bonchev–Trinajstić information content (AvgIpc) is 2.33. The number of ether oxygens (including phenoxy) is 1. The molecule has 17 heavy (non-hydrogen) atoms. The Bertz CT molecular complexity index is 178. The van der Waals surface area contributed by atoms with Crippen LogP contribution < -0.4 is 0 Å². The van der Waals surface area contributed by atoms with Gasteiger partial charge in [-0.25, -0.2) is 0 Å². The standard InChI is InChI=1S/C15H30O2/c1-4-7-8-9-10-11-13-14(12-5-2)17-15(16)6-3/h14H,4-13H2,1-3H3. The summed E-state index contributed by atoms with van der Waals surface area (Å²) in [5.74, 6) is -0.0468. The summed E-state index contributed by atoms with van der Waals surface area (Å²) in [6, 6.07) is 0. The van der Waals surface area contributed by atoms with Crippen molar-refractivity contribution in [1.29, 1.82) is 0 Å². The third-order valence-electron chi connectivity index (χ3n) is 3.08. The zero-order chi connectivity index (χ0) is 12.9. The van der Waals surface area contributed by atoms with Crippen molar-refractivity contribution in [1.82, 2.24) is 0 Å². The van der Waals surface area contributed by atoms with Gasteiger partial charge in [0.05, 0.1) is 0 Å². The Hall–Kier alpha value is -0.530. The highest BCUT2D eigenvalue weighted by molar-refractivity contribution is 5.69. The van der Waals surface area contributed by atoms with Crippen molar-refractivity contribution < 1.29 is 9.53 Å². The molecule has 0 N–H and O–H groups in total. The van der Waals surface area contributed by atoms with Gasteiger partial charge in [0.15, 0.2) is 0 Å². The maximum atomic E-state index is 11.2. The normalized spacial score (nSPS) is 12.4. The van der Waals surface area contributed by atoms with Gasteiger partial charge in [-0.15, -0.1) is 0 Å². The molecule has 0 aliphatic carbocycles. The quantitative estimate of drug-likeness (QED) is 0.382. The van der Waals surface area contributed by atoms with Crippen molar-refractivity contribution in [2.75, 3.05) is 0 Å². The molecule has 0 aliphatic rings. The summed E-state index contributed by atoms with van der Waals surface area (Å²) in [5, 5.41) is 0. The Labute approximate surface area is 107 Å². The Morgan fingerprint density at radius 1 is 0.882 bits per heavy atom.